The predicted molar refractivity (Wildman–Crippen MR) is 81.4 cm³/mol. The molecule has 3 heteroatoms. The first-order valence-corrected chi connectivity index (χ1v) is 7.81. The molecule has 4 heterocycles. The van der Waals surface area contributed by atoms with E-state index in [9.17, 15) is 0 Å². The number of piperidine rings is 3. The summed E-state index contributed by atoms with van der Waals surface area (Å²) in [5, 5.41) is 4.01. The second-order valence-corrected chi connectivity index (χ2v) is 7.61. The van der Waals surface area contributed by atoms with E-state index in [1.165, 1.54) is 32.4 Å². The molecule has 3 aliphatic rings. The quantitative estimate of drug-likeness (QED) is 0.819. The maximum atomic E-state index is 5.41. The molecular weight excluding hydrogens is 248 g/mol. The number of nitrogens with zero attached hydrogens (tertiary/aromatic N) is 2. The van der Waals surface area contributed by atoms with Gasteiger partial charge in [0.05, 0.1) is 5.69 Å². The normalized spacial score (nSPS) is 32.0. The van der Waals surface area contributed by atoms with Crippen molar-refractivity contribution in [3.63, 3.8) is 0 Å². The Morgan fingerprint density at radius 1 is 1.35 bits per heavy atom. The van der Waals surface area contributed by atoms with Gasteiger partial charge in [-0.05, 0) is 62.3 Å². The monoisotopic (exact) mass is 274 g/mol. The Morgan fingerprint density at radius 3 is 2.60 bits per heavy atom. The minimum absolute atomic E-state index is 0.360. The van der Waals surface area contributed by atoms with Crippen molar-refractivity contribution >= 4 is 6.08 Å². The molecule has 3 nitrogen and oxygen atoms in total. The third-order valence-electron chi connectivity index (χ3n) is 4.59. The Labute approximate surface area is 122 Å². The van der Waals surface area contributed by atoms with Gasteiger partial charge < -0.3 is 4.52 Å². The maximum absolute atomic E-state index is 5.41. The molecule has 0 aliphatic carbocycles. The highest BCUT2D eigenvalue weighted by molar-refractivity contribution is 5.51. The van der Waals surface area contributed by atoms with Gasteiger partial charge in [-0.1, -0.05) is 25.9 Å². The van der Waals surface area contributed by atoms with Crippen molar-refractivity contribution in [2.45, 2.75) is 53.0 Å². The molecule has 0 aromatic carbocycles. The highest BCUT2D eigenvalue weighted by atomic mass is 16.5. The second-order valence-electron chi connectivity index (χ2n) is 7.61. The van der Waals surface area contributed by atoms with Crippen molar-refractivity contribution in [1.82, 2.24) is 10.1 Å². The third kappa shape index (κ3) is 2.83. The summed E-state index contributed by atoms with van der Waals surface area (Å²) >= 11 is 0. The van der Waals surface area contributed by atoms with Gasteiger partial charge in [0.1, 0.15) is 0 Å². The summed E-state index contributed by atoms with van der Waals surface area (Å²) in [4.78, 5) is 2.67. The van der Waals surface area contributed by atoms with Crippen LogP contribution in [0.5, 0.6) is 0 Å². The van der Waals surface area contributed by atoms with Crippen LogP contribution in [0.3, 0.4) is 0 Å². The number of fused-ring (bicyclic) bond motifs is 3. The van der Waals surface area contributed by atoms with E-state index in [0.29, 0.717) is 11.5 Å². The van der Waals surface area contributed by atoms with Crippen LogP contribution in [-0.4, -0.2) is 29.2 Å². The van der Waals surface area contributed by atoms with Crippen molar-refractivity contribution in [1.29, 1.82) is 0 Å². The van der Waals surface area contributed by atoms with E-state index in [-0.39, 0.29) is 0 Å². The van der Waals surface area contributed by atoms with Gasteiger partial charge in [0.2, 0.25) is 0 Å². The lowest BCUT2D eigenvalue weighted by Crippen LogP contribution is -2.51. The van der Waals surface area contributed by atoms with Gasteiger partial charge in [-0.15, -0.1) is 0 Å². The van der Waals surface area contributed by atoms with Crippen LogP contribution in [0.1, 0.15) is 51.5 Å². The maximum Gasteiger partial charge on any atom is 0.159 e. The number of hydrogen-bond acceptors (Lipinski definition) is 3. The van der Waals surface area contributed by atoms with E-state index in [4.69, 9.17) is 4.52 Å². The Kier molecular flexibility index (Phi) is 3.49. The summed E-state index contributed by atoms with van der Waals surface area (Å²) in [5.41, 5.74) is 2.90. The standard InChI is InChI=1S/C17H26N2O/c1-12-9-14(20-18-12)10-15-13-5-7-19(8-6-13)16(15)11-17(2,3)4/h9-10,13,16H,5-8,11H2,1-4H3/b15-10-/t16-/m1/s1. The van der Waals surface area contributed by atoms with Crippen molar-refractivity contribution in [3.05, 3.63) is 23.1 Å². The highest BCUT2D eigenvalue weighted by Gasteiger charge is 2.39. The van der Waals surface area contributed by atoms with Gasteiger partial charge in [-0.25, -0.2) is 0 Å². The van der Waals surface area contributed by atoms with Crippen LogP contribution in [0.2, 0.25) is 0 Å². The molecule has 1 atom stereocenters. The first kappa shape index (κ1) is 13.9. The number of rotatable bonds is 2. The minimum atomic E-state index is 0.360. The predicted octanol–water partition coefficient (Wildman–Crippen LogP) is 3.90. The van der Waals surface area contributed by atoms with Gasteiger partial charge in [0.15, 0.2) is 5.76 Å². The molecule has 0 radical (unpaired) electrons. The van der Waals surface area contributed by atoms with E-state index >= 15 is 0 Å². The van der Waals surface area contributed by atoms with Crippen LogP contribution in [0.15, 0.2) is 16.2 Å². The zero-order valence-corrected chi connectivity index (χ0v) is 13.1. The molecule has 0 saturated carbocycles. The first-order valence-electron chi connectivity index (χ1n) is 7.81. The topological polar surface area (TPSA) is 29.3 Å². The highest BCUT2D eigenvalue weighted by Crippen LogP contribution is 2.42. The average Bonchev–Trinajstić information content (AvgIpc) is 2.77. The van der Waals surface area contributed by atoms with Crippen LogP contribution in [0.25, 0.3) is 6.08 Å². The summed E-state index contributed by atoms with van der Waals surface area (Å²) in [7, 11) is 0. The summed E-state index contributed by atoms with van der Waals surface area (Å²) in [5.74, 6) is 1.67. The molecule has 1 aromatic rings. The van der Waals surface area contributed by atoms with Crippen molar-refractivity contribution in [2.24, 2.45) is 11.3 Å². The van der Waals surface area contributed by atoms with Crippen molar-refractivity contribution in [2.75, 3.05) is 13.1 Å². The van der Waals surface area contributed by atoms with Gasteiger partial charge in [-0.3, -0.25) is 4.90 Å². The van der Waals surface area contributed by atoms with E-state index in [1.54, 1.807) is 5.57 Å². The third-order valence-corrected chi connectivity index (χ3v) is 4.59. The molecule has 0 N–H and O–H groups in total. The molecule has 4 rings (SSSR count). The zero-order valence-electron chi connectivity index (χ0n) is 13.1. The Hall–Kier alpha value is -1.09. The van der Waals surface area contributed by atoms with Crippen LogP contribution < -0.4 is 0 Å². The fraction of sp³-hybridized carbons (Fsp3) is 0.706. The van der Waals surface area contributed by atoms with E-state index < -0.39 is 0 Å². The van der Waals surface area contributed by atoms with Crippen LogP contribution in [0, 0.1) is 18.3 Å². The SMILES string of the molecule is Cc1cc(/C=C2/C3CCN(CC3)[C@@H]2CC(C)(C)C)on1. The minimum Gasteiger partial charge on any atom is -0.357 e. The number of hydrogen-bond donors (Lipinski definition) is 0. The lowest BCUT2D eigenvalue weighted by atomic mass is 9.73. The molecule has 3 saturated heterocycles. The molecule has 3 fully saturated rings. The fourth-order valence-electron chi connectivity index (χ4n) is 3.68. The molecule has 0 amide bonds. The fourth-order valence-corrected chi connectivity index (χ4v) is 3.68. The van der Waals surface area contributed by atoms with E-state index in [1.807, 2.05) is 13.0 Å². The molecule has 110 valence electrons. The molecule has 20 heavy (non-hydrogen) atoms. The van der Waals surface area contributed by atoms with Crippen molar-refractivity contribution < 1.29 is 4.52 Å². The summed E-state index contributed by atoms with van der Waals surface area (Å²) in [6, 6.07) is 2.63. The molecule has 2 bridgehead atoms. The van der Waals surface area contributed by atoms with Crippen molar-refractivity contribution in [3.8, 4) is 0 Å². The summed E-state index contributed by atoms with van der Waals surface area (Å²) < 4.78 is 5.41. The zero-order chi connectivity index (χ0) is 14.3. The smallest absolute Gasteiger partial charge is 0.159 e. The van der Waals surface area contributed by atoms with Gasteiger partial charge >= 0.3 is 0 Å². The largest absolute Gasteiger partial charge is 0.357 e. The Balaban J connectivity index is 1.90. The Bertz CT molecular complexity index is 501. The van der Waals surface area contributed by atoms with Gasteiger partial charge in [0.25, 0.3) is 0 Å². The number of aryl methyl sites for hydroxylation is 1. The first-order chi connectivity index (χ1) is 9.42. The molecule has 0 unspecified atom stereocenters. The summed E-state index contributed by atoms with van der Waals surface area (Å²) in [6.45, 7) is 11.5. The molecular formula is C17H26N2O. The van der Waals surface area contributed by atoms with E-state index in [2.05, 4.69) is 36.9 Å². The molecule has 1 aromatic heterocycles. The molecule has 3 aliphatic heterocycles. The lowest BCUT2D eigenvalue weighted by Gasteiger charge is -2.49. The van der Waals surface area contributed by atoms with Gasteiger partial charge in [0, 0.05) is 12.1 Å². The van der Waals surface area contributed by atoms with Crippen LogP contribution in [0.4, 0.5) is 0 Å². The van der Waals surface area contributed by atoms with Crippen LogP contribution >= 0.6 is 0 Å². The van der Waals surface area contributed by atoms with Crippen LogP contribution in [-0.2, 0) is 0 Å². The van der Waals surface area contributed by atoms with E-state index in [0.717, 1.165) is 17.4 Å². The second kappa shape index (κ2) is 5.03. The van der Waals surface area contributed by atoms with Gasteiger partial charge in [-0.2, -0.15) is 0 Å². The lowest BCUT2D eigenvalue weighted by molar-refractivity contribution is 0.0793. The number of aromatic nitrogens is 1. The average molecular weight is 274 g/mol. The molecule has 0 spiro atoms. The summed E-state index contributed by atoms with van der Waals surface area (Å²) in [6.07, 6.45) is 6.11. The Morgan fingerprint density at radius 2 is 2.05 bits per heavy atom.